The summed E-state index contributed by atoms with van der Waals surface area (Å²) >= 11 is 1.66. The molecule has 1 aromatic carbocycles. The van der Waals surface area contributed by atoms with E-state index in [1.54, 1.807) is 34.6 Å². The van der Waals surface area contributed by atoms with E-state index in [2.05, 4.69) is 0 Å². The number of alkyl halides is 4. The fourth-order valence-corrected chi connectivity index (χ4v) is 17.9. The first-order chi connectivity index (χ1) is 34.2. The minimum atomic E-state index is -2.26. The van der Waals surface area contributed by atoms with E-state index >= 15 is 17.6 Å². The van der Waals surface area contributed by atoms with Gasteiger partial charge >= 0.3 is 0 Å². The van der Waals surface area contributed by atoms with Crippen molar-refractivity contribution in [3.8, 4) is 12.1 Å². The van der Waals surface area contributed by atoms with Crippen LogP contribution in [0.1, 0.15) is 97.5 Å². The maximum absolute atomic E-state index is 17.5. The zero-order valence-corrected chi connectivity index (χ0v) is 43.3. The van der Waals surface area contributed by atoms with Crippen LogP contribution in [0.25, 0.3) is 0 Å². The molecule has 0 aromatic heterocycles. The highest BCUT2D eigenvalue weighted by Gasteiger charge is 2.82. The van der Waals surface area contributed by atoms with Crippen LogP contribution in [0, 0.1) is 74.9 Å². The molecule has 6 saturated carbocycles. The molecule has 1 unspecified atom stereocenters. The largest absolute Gasteiger partial charge is 0.390 e. The summed E-state index contributed by atoms with van der Waals surface area (Å²) in [5.41, 5.74) is -10.8. The molecule has 10 aliphatic rings. The van der Waals surface area contributed by atoms with Crippen LogP contribution in [-0.4, -0.2) is 109 Å². The molecule has 2 N–H and O–H groups in total. The van der Waals surface area contributed by atoms with Crippen molar-refractivity contribution in [1.29, 1.82) is 10.5 Å². The second-order valence-electron chi connectivity index (χ2n) is 23.2. The summed E-state index contributed by atoms with van der Waals surface area (Å²) in [6.45, 7) is 12.1. The Morgan fingerprint density at radius 1 is 0.685 bits per heavy atom. The number of halogens is 4. The molecule has 2 saturated heterocycles. The quantitative estimate of drug-likeness (QED) is 0.267. The first-order valence-corrected chi connectivity index (χ1v) is 26.9. The highest BCUT2D eigenvalue weighted by molar-refractivity contribution is 8.14. The number of allylic oxidation sites excluding steroid dienone is 8. The van der Waals surface area contributed by atoms with Gasteiger partial charge in [0.1, 0.15) is 12.3 Å². The lowest BCUT2D eigenvalue weighted by Crippen LogP contribution is -2.70. The van der Waals surface area contributed by atoms with Crippen LogP contribution in [0.5, 0.6) is 0 Å². The van der Waals surface area contributed by atoms with Crippen LogP contribution in [0.4, 0.5) is 17.6 Å². The van der Waals surface area contributed by atoms with Crippen LogP contribution in [0.2, 0.25) is 0 Å². The average molecular weight is 1050 g/mol. The highest BCUT2D eigenvalue weighted by atomic mass is 32.2. The number of thioether (sulfide) groups is 2. The van der Waals surface area contributed by atoms with E-state index in [4.69, 9.17) is 24.2 Å². The number of hydrogen-bond acceptors (Lipinski definition) is 14. The number of aliphatic hydroxyl groups is 2. The number of aryl methyl sites for hydroxylation is 1. The van der Waals surface area contributed by atoms with Gasteiger partial charge in [0.25, 0.3) is 0 Å². The Bertz CT molecular complexity index is 2780. The molecule has 8 aliphatic carbocycles. The number of hydrogen-bond donors (Lipinski definition) is 2. The predicted molar refractivity (Wildman–Crippen MR) is 260 cm³/mol. The number of fused-ring (bicyclic) bond motifs is 14. The molecule has 11 rings (SSSR count). The Labute approximate surface area is 430 Å². The number of benzene rings is 1. The number of carbonyl (C=O) groups excluding carboxylic acids is 4. The molecule has 0 radical (unpaired) electrons. The highest BCUT2D eigenvalue weighted by Crippen LogP contribution is 2.75. The van der Waals surface area contributed by atoms with Gasteiger partial charge < -0.3 is 29.2 Å². The van der Waals surface area contributed by atoms with E-state index in [1.165, 1.54) is 24.3 Å². The van der Waals surface area contributed by atoms with Crippen molar-refractivity contribution in [3.63, 3.8) is 0 Å². The lowest BCUT2D eigenvalue weighted by Gasteiger charge is -2.63. The lowest BCUT2D eigenvalue weighted by molar-refractivity contribution is -0.246. The fourth-order valence-electron chi connectivity index (χ4n) is 16.2. The molecule has 1 aromatic rings. The molecule has 19 atom stereocenters. The second-order valence-corrected chi connectivity index (χ2v) is 25.1. The Kier molecular flexibility index (Phi) is 12.4. The van der Waals surface area contributed by atoms with Crippen LogP contribution >= 0.6 is 23.5 Å². The minimum absolute atomic E-state index is 0.0527. The van der Waals surface area contributed by atoms with Crippen LogP contribution in [-0.2, 0) is 38.1 Å². The number of ketones is 2. The number of nitriles is 2. The molecule has 12 nitrogen and oxygen atoms in total. The van der Waals surface area contributed by atoms with Gasteiger partial charge in [0, 0.05) is 39.1 Å². The molecular weight excluding hydrogens is 989 g/mol. The smallest absolute Gasteiger partial charge is 0.225 e. The van der Waals surface area contributed by atoms with Crippen LogP contribution in [0.3, 0.4) is 0 Å². The topological polar surface area (TPSA) is 193 Å². The standard InChI is InChI=1S/C30H31F2NO5S.C25H29F2NO5S/c1-16-4-6-17(7-5-16)25-37-24-14-19-20-13-22(31)21-12-18(34)8-9-27(21,2)29(20,32)23(35)15-28(19,3)30(24,38-25)26(36)39-11-10-33;1-21(2)32-19-11-14-15-10-17(26)16-9-13(29)5-6-22(16,3)24(15,27)18(30)12-23(14,4)25(19,33-21)20(31)34-8-7-28/h4-9,12,19-20,22-25,35H,11,13-15H2,1-3H3;5-6,9,14-15,17-19,30H,8,10-12H2,1-4H3/t19-,20-,22-,23-,24+,25?,27-,28-,29-,30-;14-,15-,17-,18-,19+,22-,23-,24-,25-/m00/s1. The van der Waals surface area contributed by atoms with Crippen molar-refractivity contribution < 1.29 is 65.9 Å². The van der Waals surface area contributed by atoms with Crippen molar-refractivity contribution in [3.05, 3.63) is 83.0 Å². The SMILES string of the molecule is CC1(C)O[C@@H]2C[C@H]3[C@@H]4C[C@H](F)C5=CC(=O)C=C[C@]5(C)[C@@]4(F)[C@@H](O)C[C@]3(C)[C@]2(C(=O)SCC#N)O1.Cc1ccc(C2O[C@@H]3C[C@H]4[C@@H]5C[C@H](F)C6=CC(=O)C=C[C@]6(C)[C@@]5(F)[C@@H](O)C[C@]4(C)[C@]3(C(=O)SCC#N)O2)cc1. The Hall–Kier alpha value is -3.98. The van der Waals surface area contributed by atoms with Crippen LogP contribution in [0.15, 0.2) is 71.9 Å². The summed E-state index contributed by atoms with van der Waals surface area (Å²) < 4.78 is 91.5. The number of rotatable bonds is 5. The zero-order chi connectivity index (χ0) is 52.9. The minimum Gasteiger partial charge on any atom is -0.390 e. The molecule has 0 amide bonds. The van der Waals surface area contributed by atoms with Crippen molar-refractivity contribution in [2.45, 2.75) is 158 Å². The molecule has 8 fully saturated rings. The van der Waals surface area contributed by atoms with Gasteiger partial charge in [-0.15, -0.1) is 0 Å². The number of carbonyl (C=O) groups is 4. The van der Waals surface area contributed by atoms with Gasteiger partial charge in [-0.3, -0.25) is 19.2 Å². The van der Waals surface area contributed by atoms with Gasteiger partial charge in [-0.05, 0) is 120 Å². The number of ether oxygens (including phenoxy) is 4. The van der Waals surface area contributed by atoms with E-state index in [0.717, 1.165) is 46.8 Å². The van der Waals surface area contributed by atoms with E-state index < -0.39 is 133 Å². The summed E-state index contributed by atoms with van der Waals surface area (Å²) in [5.74, 6) is -5.00. The summed E-state index contributed by atoms with van der Waals surface area (Å²) in [4.78, 5) is 51.6. The third-order valence-electron chi connectivity index (χ3n) is 19.5. The molecule has 73 heavy (non-hydrogen) atoms. The molecule has 0 spiro atoms. The monoisotopic (exact) mass is 1050 g/mol. The summed E-state index contributed by atoms with van der Waals surface area (Å²) in [7, 11) is 0. The van der Waals surface area contributed by atoms with Crippen molar-refractivity contribution in [2.24, 2.45) is 45.3 Å². The molecular formula is C55H60F4N2O10S2. The van der Waals surface area contributed by atoms with Crippen molar-refractivity contribution in [2.75, 3.05) is 11.5 Å². The fraction of sp³-hybridized carbons (Fsp3) is 0.636. The maximum Gasteiger partial charge on any atom is 0.225 e. The summed E-state index contributed by atoms with van der Waals surface area (Å²) in [6, 6.07) is 11.5. The molecule has 390 valence electrons. The molecule has 2 heterocycles. The average Bonchev–Trinajstić information content (AvgIpc) is 4.00. The van der Waals surface area contributed by atoms with E-state index in [9.17, 15) is 34.7 Å². The van der Waals surface area contributed by atoms with Crippen molar-refractivity contribution in [1.82, 2.24) is 0 Å². The van der Waals surface area contributed by atoms with Gasteiger partial charge in [0.05, 0.1) is 48.1 Å². The van der Waals surface area contributed by atoms with Crippen molar-refractivity contribution >= 4 is 45.3 Å². The first-order valence-electron chi connectivity index (χ1n) is 25.0. The van der Waals surface area contributed by atoms with Gasteiger partial charge in [-0.1, -0.05) is 79.4 Å². The zero-order valence-electron chi connectivity index (χ0n) is 41.7. The summed E-state index contributed by atoms with van der Waals surface area (Å²) in [5, 5.41) is 40.6. The number of aliphatic hydroxyl groups excluding tert-OH is 2. The summed E-state index contributed by atoms with van der Waals surface area (Å²) in [6.07, 6.45) is -1.10. The lowest BCUT2D eigenvalue weighted by atomic mass is 9.44. The molecule has 2 aliphatic heterocycles. The maximum atomic E-state index is 17.5. The first kappa shape index (κ1) is 52.5. The number of nitrogens with zero attached hydrogens (tertiary/aromatic N) is 2. The molecule has 18 heteroatoms. The van der Waals surface area contributed by atoms with Gasteiger partial charge in [0.2, 0.25) is 10.2 Å². The van der Waals surface area contributed by atoms with E-state index in [1.807, 2.05) is 50.3 Å². The van der Waals surface area contributed by atoms with Gasteiger partial charge in [-0.25, -0.2) is 17.6 Å². The van der Waals surface area contributed by atoms with E-state index in [0.29, 0.717) is 0 Å². The van der Waals surface area contributed by atoms with Crippen LogP contribution < -0.4 is 0 Å². The third-order valence-corrected chi connectivity index (χ3v) is 21.2. The van der Waals surface area contributed by atoms with E-state index in [-0.39, 0.29) is 66.3 Å². The Morgan fingerprint density at radius 3 is 1.62 bits per heavy atom. The Balaban J connectivity index is 0.000000169. The van der Waals surface area contributed by atoms with Gasteiger partial charge in [0.15, 0.2) is 46.2 Å². The second kappa shape index (κ2) is 17.3. The van der Waals surface area contributed by atoms with Gasteiger partial charge in [-0.2, -0.15) is 10.5 Å². The third kappa shape index (κ3) is 6.85. The predicted octanol–water partition coefficient (Wildman–Crippen LogP) is 8.45. The Morgan fingerprint density at radius 2 is 1.14 bits per heavy atom. The molecule has 0 bridgehead atoms. The normalized spacial score (nSPS) is 48.1.